The maximum atomic E-state index is 12.2. The van der Waals surface area contributed by atoms with Crippen LogP contribution in [0, 0.1) is 6.92 Å². The third-order valence-corrected chi connectivity index (χ3v) is 4.43. The molecule has 1 saturated heterocycles. The van der Waals surface area contributed by atoms with Gasteiger partial charge in [-0.25, -0.2) is 4.98 Å². The Morgan fingerprint density at radius 1 is 1.69 bits per heavy atom. The van der Waals surface area contributed by atoms with Gasteiger partial charge < -0.3 is 4.90 Å². The summed E-state index contributed by atoms with van der Waals surface area (Å²) in [5.74, 6) is 0.0912. The summed E-state index contributed by atoms with van der Waals surface area (Å²) in [6, 6.07) is 0.336. The predicted octanol–water partition coefficient (Wildman–Crippen LogP) is 2.84. The van der Waals surface area contributed by atoms with E-state index in [-0.39, 0.29) is 5.91 Å². The summed E-state index contributed by atoms with van der Waals surface area (Å²) in [4.78, 5) is 18.5. The van der Waals surface area contributed by atoms with Gasteiger partial charge in [0.2, 0.25) is 0 Å². The van der Waals surface area contributed by atoms with Crippen LogP contribution in [-0.2, 0) is 0 Å². The molecule has 0 N–H and O–H groups in total. The van der Waals surface area contributed by atoms with Crippen LogP contribution >= 0.6 is 27.3 Å². The molecule has 1 atom stereocenters. The van der Waals surface area contributed by atoms with E-state index in [0.29, 0.717) is 11.7 Å². The van der Waals surface area contributed by atoms with E-state index in [9.17, 15) is 4.79 Å². The largest absolute Gasteiger partial charge is 0.333 e. The zero-order valence-electron chi connectivity index (χ0n) is 9.28. The quantitative estimate of drug-likeness (QED) is 0.787. The lowest BCUT2D eigenvalue weighted by atomic mass is 10.0. The minimum absolute atomic E-state index is 0.0912. The van der Waals surface area contributed by atoms with Gasteiger partial charge in [0, 0.05) is 23.3 Å². The van der Waals surface area contributed by atoms with Crippen LogP contribution in [0.2, 0.25) is 0 Å². The molecular formula is C11H15BrN2OS. The van der Waals surface area contributed by atoms with E-state index in [1.165, 1.54) is 17.8 Å². The first-order valence-corrected chi connectivity index (χ1v) is 7.51. The lowest BCUT2D eigenvalue weighted by Crippen LogP contribution is -2.44. The van der Waals surface area contributed by atoms with E-state index in [4.69, 9.17) is 0 Å². The maximum absolute atomic E-state index is 12.2. The SMILES string of the molecule is Cc1nc(C(=O)N2CCCCC2CBr)cs1. The molecule has 88 valence electrons. The Balaban J connectivity index is 2.13. The molecule has 3 nitrogen and oxygen atoms in total. The van der Waals surface area contributed by atoms with Gasteiger partial charge in [-0.1, -0.05) is 15.9 Å². The molecule has 2 rings (SSSR count). The Bertz CT molecular complexity index is 380. The number of alkyl halides is 1. The fourth-order valence-electron chi connectivity index (χ4n) is 2.04. The first kappa shape index (κ1) is 12.0. The molecule has 0 spiro atoms. The molecule has 0 saturated carbocycles. The van der Waals surface area contributed by atoms with Gasteiger partial charge in [0.25, 0.3) is 5.91 Å². The summed E-state index contributed by atoms with van der Waals surface area (Å²) >= 11 is 5.02. The van der Waals surface area contributed by atoms with Gasteiger partial charge in [0.1, 0.15) is 5.69 Å². The number of carbonyl (C=O) groups excluding carboxylic acids is 1. The molecule has 0 aromatic carbocycles. The maximum Gasteiger partial charge on any atom is 0.273 e. The Morgan fingerprint density at radius 3 is 3.12 bits per heavy atom. The average Bonchev–Trinajstić information content (AvgIpc) is 2.75. The summed E-state index contributed by atoms with van der Waals surface area (Å²) in [5.41, 5.74) is 0.607. The summed E-state index contributed by atoms with van der Waals surface area (Å²) in [7, 11) is 0. The van der Waals surface area contributed by atoms with E-state index < -0.39 is 0 Å². The highest BCUT2D eigenvalue weighted by Gasteiger charge is 2.27. The standard InChI is InChI=1S/C11H15BrN2OS/c1-8-13-10(7-16-8)11(15)14-5-3-2-4-9(14)6-12/h7,9H,2-6H2,1H3. The first-order valence-electron chi connectivity index (χ1n) is 5.51. The van der Waals surface area contributed by atoms with Crippen LogP contribution in [0.3, 0.4) is 0 Å². The van der Waals surface area contributed by atoms with Crippen molar-refractivity contribution < 1.29 is 4.79 Å². The second-order valence-corrected chi connectivity index (χ2v) is 5.76. The molecule has 1 aromatic rings. The number of thiazole rings is 1. The third kappa shape index (κ3) is 2.46. The van der Waals surface area contributed by atoms with Gasteiger partial charge in [0.05, 0.1) is 5.01 Å². The fourth-order valence-corrected chi connectivity index (χ4v) is 3.30. The van der Waals surface area contributed by atoms with Crippen LogP contribution in [0.1, 0.15) is 34.8 Å². The van der Waals surface area contributed by atoms with Crippen LogP contribution < -0.4 is 0 Å². The average molecular weight is 303 g/mol. The van der Waals surface area contributed by atoms with Crippen LogP contribution in [-0.4, -0.2) is 33.7 Å². The Kier molecular flexibility index (Phi) is 3.97. The lowest BCUT2D eigenvalue weighted by molar-refractivity contribution is 0.0636. The smallest absolute Gasteiger partial charge is 0.273 e. The molecule has 2 heterocycles. The number of aryl methyl sites for hydroxylation is 1. The molecule has 1 unspecified atom stereocenters. The highest BCUT2D eigenvalue weighted by Crippen LogP contribution is 2.21. The Labute approximate surface area is 108 Å². The first-order chi connectivity index (χ1) is 7.72. The Morgan fingerprint density at radius 2 is 2.50 bits per heavy atom. The van der Waals surface area contributed by atoms with Crippen molar-refractivity contribution in [3.05, 3.63) is 16.1 Å². The molecular weight excluding hydrogens is 288 g/mol. The highest BCUT2D eigenvalue weighted by atomic mass is 79.9. The molecule has 0 aliphatic carbocycles. The van der Waals surface area contributed by atoms with Crippen molar-refractivity contribution in [2.45, 2.75) is 32.2 Å². The van der Waals surface area contributed by atoms with Gasteiger partial charge in [-0.2, -0.15) is 0 Å². The van der Waals surface area contributed by atoms with E-state index in [1.54, 1.807) is 0 Å². The molecule has 1 aliphatic heterocycles. The fraction of sp³-hybridized carbons (Fsp3) is 0.636. The van der Waals surface area contributed by atoms with Crippen molar-refractivity contribution in [3.63, 3.8) is 0 Å². The molecule has 5 heteroatoms. The van der Waals surface area contributed by atoms with Crippen molar-refractivity contribution >= 4 is 33.2 Å². The number of hydrogen-bond donors (Lipinski definition) is 0. The van der Waals surface area contributed by atoms with Crippen LogP contribution in [0.25, 0.3) is 0 Å². The minimum atomic E-state index is 0.0912. The van der Waals surface area contributed by atoms with Crippen LogP contribution in [0.5, 0.6) is 0 Å². The van der Waals surface area contributed by atoms with Crippen molar-refractivity contribution in [2.75, 3.05) is 11.9 Å². The van der Waals surface area contributed by atoms with E-state index in [1.807, 2.05) is 17.2 Å². The number of likely N-dealkylation sites (tertiary alicyclic amines) is 1. The summed E-state index contributed by atoms with van der Waals surface area (Å²) in [6.45, 7) is 2.80. The number of halogens is 1. The lowest BCUT2D eigenvalue weighted by Gasteiger charge is -2.34. The van der Waals surface area contributed by atoms with Crippen LogP contribution in [0.15, 0.2) is 5.38 Å². The molecule has 1 amide bonds. The summed E-state index contributed by atoms with van der Waals surface area (Å²) in [6.07, 6.45) is 3.43. The number of hydrogen-bond acceptors (Lipinski definition) is 3. The number of rotatable bonds is 2. The molecule has 1 aromatic heterocycles. The topological polar surface area (TPSA) is 33.2 Å². The molecule has 1 aliphatic rings. The minimum Gasteiger partial charge on any atom is -0.333 e. The number of amides is 1. The third-order valence-electron chi connectivity index (χ3n) is 2.90. The van der Waals surface area contributed by atoms with Crippen molar-refractivity contribution in [1.82, 2.24) is 9.88 Å². The van der Waals surface area contributed by atoms with Crippen molar-refractivity contribution in [3.8, 4) is 0 Å². The second-order valence-electron chi connectivity index (χ2n) is 4.05. The molecule has 1 fully saturated rings. The highest BCUT2D eigenvalue weighted by molar-refractivity contribution is 9.09. The van der Waals surface area contributed by atoms with Gasteiger partial charge in [-0.3, -0.25) is 4.79 Å². The van der Waals surface area contributed by atoms with Gasteiger partial charge in [-0.05, 0) is 26.2 Å². The van der Waals surface area contributed by atoms with E-state index in [0.717, 1.165) is 29.7 Å². The zero-order valence-corrected chi connectivity index (χ0v) is 11.7. The van der Waals surface area contributed by atoms with Crippen LogP contribution in [0.4, 0.5) is 0 Å². The zero-order chi connectivity index (χ0) is 11.5. The second kappa shape index (κ2) is 5.27. The van der Waals surface area contributed by atoms with E-state index in [2.05, 4.69) is 20.9 Å². The normalized spacial score (nSPS) is 21.1. The van der Waals surface area contributed by atoms with Crippen molar-refractivity contribution in [2.24, 2.45) is 0 Å². The van der Waals surface area contributed by atoms with E-state index >= 15 is 0 Å². The summed E-state index contributed by atoms with van der Waals surface area (Å²) < 4.78 is 0. The summed E-state index contributed by atoms with van der Waals surface area (Å²) in [5, 5.41) is 3.68. The number of aromatic nitrogens is 1. The van der Waals surface area contributed by atoms with Gasteiger partial charge >= 0.3 is 0 Å². The monoisotopic (exact) mass is 302 g/mol. The van der Waals surface area contributed by atoms with Gasteiger partial charge in [0.15, 0.2) is 0 Å². The number of nitrogens with zero attached hydrogens (tertiary/aromatic N) is 2. The predicted molar refractivity (Wildman–Crippen MR) is 69.3 cm³/mol. The molecule has 16 heavy (non-hydrogen) atoms. The Hall–Kier alpha value is -0.420. The molecule has 0 radical (unpaired) electrons. The molecule has 0 bridgehead atoms. The number of carbonyl (C=O) groups is 1. The van der Waals surface area contributed by atoms with Crippen molar-refractivity contribution in [1.29, 1.82) is 0 Å². The van der Waals surface area contributed by atoms with Gasteiger partial charge in [-0.15, -0.1) is 11.3 Å². The number of piperidine rings is 1.